The minimum absolute atomic E-state index is 0.608. The molecule has 210 valence electrons. The topological polar surface area (TPSA) is 51.8 Å². The highest BCUT2D eigenvalue weighted by atomic mass is 16.3. The molecule has 0 aliphatic rings. The van der Waals surface area contributed by atoms with E-state index in [1.807, 2.05) is 24.3 Å². The summed E-state index contributed by atoms with van der Waals surface area (Å²) in [7, 11) is 0. The van der Waals surface area contributed by atoms with Gasteiger partial charge in [-0.25, -0.2) is 15.0 Å². The van der Waals surface area contributed by atoms with Crippen LogP contribution in [0, 0.1) is 0 Å². The summed E-state index contributed by atoms with van der Waals surface area (Å²) in [6.45, 7) is 0. The molecule has 9 aromatic rings. The van der Waals surface area contributed by atoms with Gasteiger partial charge in [0.25, 0.3) is 0 Å². The normalized spacial score (nSPS) is 11.6. The fourth-order valence-electron chi connectivity index (χ4n) is 6.27. The molecular weight excluding hydrogens is 550 g/mol. The monoisotopic (exact) mass is 575 g/mol. The molecule has 2 heterocycles. The maximum Gasteiger partial charge on any atom is 0.164 e. The van der Waals surface area contributed by atoms with Crippen LogP contribution in [0.2, 0.25) is 0 Å². The minimum Gasteiger partial charge on any atom is -0.455 e. The number of hydrogen-bond donors (Lipinski definition) is 0. The van der Waals surface area contributed by atoms with Gasteiger partial charge in [0, 0.05) is 32.8 Å². The molecule has 0 amide bonds. The van der Waals surface area contributed by atoms with E-state index in [9.17, 15) is 0 Å². The van der Waals surface area contributed by atoms with Crippen molar-refractivity contribution in [3.63, 3.8) is 0 Å². The zero-order chi connectivity index (χ0) is 29.7. The second-order valence-electron chi connectivity index (χ2n) is 11.3. The first-order valence-electron chi connectivity index (χ1n) is 15.0. The first-order valence-corrected chi connectivity index (χ1v) is 15.0. The lowest BCUT2D eigenvalue weighted by Gasteiger charge is -2.10. The van der Waals surface area contributed by atoms with Gasteiger partial charge in [0.2, 0.25) is 0 Å². The maximum absolute atomic E-state index is 6.49. The van der Waals surface area contributed by atoms with Gasteiger partial charge in [-0.2, -0.15) is 0 Å². The molecule has 0 radical (unpaired) electrons. The summed E-state index contributed by atoms with van der Waals surface area (Å²) in [5, 5.41) is 6.59. The van der Waals surface area contributed by atoms with E-state index in [2.05, 4.69) is 127 Å². The average molecular weight is 576 g/mol. The standard InChI is InChI=1S/C41H25N3O/c1-2-9-26(10-3-1)28-17-20-30(21-18-28)39-42-40(32-22-19-27-11-4-5-13-31(27)25-32)44-41(43-39)35-15-8-16-36-37(35)34-24-23-29-12-6-7-14-33(29)38(34)45-36/h1-25H. The molecule has 4 nitrogen and oxygen atoms in total. The molecule has 0 atom stereocenters. The molecule has 0 spiro atoms. The van der Waals surface area contributed by atoms with E-state index in [-0.39, 0.29) is 0 Å². The third kappa shape index (κ3) is 4.35. The van der Waals surface area contributed by atoms with Crippen molar-refractivity contribution < 1.29 is 4.42 Å². The van der Waals surface area contributed by atoms with Crippen molar-refractivity contribution in [2.24, 2.45) is 0 Å². The van der Waals surface area contributed by atoms with Gasteiger partial charge < -0.3 is 4.42 Å². The van der Waals surface area contributed by atoms with Crippen LogP contribution in [-0.4, -0.2) is 15.0 Å². The Hall–Kier alpha value is -6.13. The second kappa shape index (κ2) is 10.2. The molecule has 45 heavy (non-hydrogen) atoms. The van der Waals surface area contributed by atoms with Gasteiger partial charge in [-0.3, -0.25) is 0 Å². The summed E-state index contributed by atoms with van der Waals surface area (Å²) in [5.41, 5.74) is 6.77. The Bertz CT molecular complexity index is 2530. The number of aromatic nitrogens is 3. The Kier molecular flexibility index (Phi) is 5.78. The molecule has 0 saturated heterocycles. The van der Waals surface area contributed by atoms with Gasteiger partial charge in [-0.05, 0) is 45.5 Å². The van der Waals surface area contributed by atoms with Crippen molar-refractivity contribution in [2.45, 2.75) is 0 Å². The Balaban J connectivity index is 1.27. The van der Waals surface area contributed by atoms with Crippen LogP contribution in [0.15, 0.2) is 156 Å². The molecule has 0 unspecified atom stereocenters. The first kappa shape index (κ1) is 25.4. The van der Waals surface area contributed by atoms with Crippen molar-refractivity contribution in [1.82, 2.24) is 15.0 Å². The Morgan fingerprint density at radius 1 is 0.378 bits per heavy atom. The third-order valence-corrected chi connectivity index (χ3v) is 8.52. The lowest BCUT2D eigenvalue weighted by molar-refractivity contribution is 0.672. The number of furan rings is 1. The van der Waals surface area contributed by atoms with Crippen LogP contribution in [-0.2, 0) is 0 Å². The van der Waals surface area contributed by atoms with E-state index in [0.717, 1.165) is 60.4 Å². The molecule has 0 N–H and O–H groups in total. The summed E-state index contributed by atoms with van der Waals surface area (Å²) in [6.07, 6.45) is 0. The highest BCUT2D eigenvalue weighted by Crippen LogP contribution is 2.39. The van der Waals surface area contributed by atoms with Crippen molar-refractivity contribution >= 4 is 43.5 Å². The van der Waals surface area contributed by atoms with Crippen LogP contribution in [0.3, 0.4) is 0 Å². The number of fused-ring (bicyclic) bond motifs is 6. The Labute approximate surface area is 259 Å². The molecule has 2 aromatic heterocycles. The van der Waals surface area contributed by atoms with Crippen LogP contribution in [0.5, 0.6) is 0 Å². The van der Waals surface area contributed by atoms with E-state index in [1.165, 1.54) is 10.9 Å². The van der Waals surface area contributed by atoms with E-state index >= 15 is 0 Å². The van der Waals surface area contributed by atoms with Gasteiger partial charge in [0.15, 0.2) is 17.5 Å². The lowest BCUT2D eigenvalue weighted by atomic mass is 10.0. The second-order valence-corrected chi connectivity index (χ2v) is 11.3. The number of hydrogen-bond acceptors (Lipinski definition) is 4. The van der Waals surface area contributed by atoms with E-state index in [4.69, 9.17) is 19.4 Å². The number of nitrogens with zero attached hydrogens (tertiary/aromatic N) is 3. The smallest absolute Gasteiger partial charge is 0.164 e. The summed E-state index contributed by atoms with van der Waals surface area (Å²) in [5.74, 6) is 1.86. The predicted octanol–water partition coefficient (Wildman–Crippen LogP) is 10.7. The quantitative estimate of drug-likeness (QED) is 0.209. The van der Waals surface area contributed by atoms with Crippen molar-refractivity contribution in [1.29, 1.82) is 0 Å². The summed E-state index contributed by atoms with van der Waals surface area (Å²) >= 11 is 0. The third-order valence-electron chi connectivity index (χ3n) is 8.52. The molecule has 0 bridgehead atoms. The zero-order valence-corrected chi connectivity index (χ0v) is 24.2. The van der Waals surface area contributed by atoms with Gasteiger partial charge in [0.1, 0.15) is 11.2 Å². The van der Waals surface area contributed by atoms with Gasteiger partial charge in [-0.1, -0.05) is 133 Å². The van der Waals surface area contributed by atoms with E-state index in [1.54, 1.807) is 0 Å². The predicted molar refractivity (Wildman–Crippen MR) is 184 cm³/mol. The fourth-order valence-corrected chi connectivity index (χ4v) is 6.27. The van der Waals surface area contributed by atoms with E-state index < -0.39 is 0 Å². The largest absolute Gasteiger partial charge is 0.455 e. The van der Waals surface area contributed by atoms with Gasteiger partial charge in [-0.15, -0.1) is 0 Å². The van der Waals surface area contributed by atoms with Gasteiger partial charge >= 0.3 is 0 Å². The molecule has 9 rings (SSSR count). The summed E-state index contributed by atoms with van der Waals surface area (Å²) in [6, 6.07) is 52.2. The molecular formula is C41H25N3O. The molecule has 0 aliphatic carbocycles. The lowest BCUT2D eigenvalue weighted by Crippen LogP contribution is -2.00. The fraction of sp³-hybridized carbons (Fsp3) is 0. The van der Waals surface area contributed by atoms with Crippen LogP contribution in [0.25, 0.3) is 88.8 Å². The molecule has 0 aliphatic heterocycles. The van der Waals surface area contributed by atoms with Crippen molar-refractivity contribution in [3.8, 4) is 45.3 Å². The first-order chi connectivity index (χ1) is 22.3. The summed E-state index contributed by atoms with van der Waals surface area (Å²) in [4.78, 5) is 15.2. The maximum atomic E-state index is 6.49. The van der Waals surface area contributed by atoms with Crippen LogP contribution < -0.4 is 0 Å². The SMILES string of the molecule is c1ccc(-c2ccc(-c3nc(-c4ccc5ccccc5c4)nc(-c4cccc5oc6c7ccccc7ccc6c45)n3)cc2)cc1. The van der Waals surface area contributed by atoms with Crippen molar-refractivity contribution in [2.75, 3.05) is 0 Å². The number of rotatable bonds is 4. The minimum atomic E-state index is 0.608. The highest BCUT2D eigenvalue weighted by molar-refractivity contribution is 6.18. The molecule has 4 heteroatoms. The van der Waals surface area contributed by atoms with E-state index in [0.29, 0.717) is 17.5 Å². The highest BCUT2D eigenvalue weighted by Gasteiger charge is 2.19. The van der Waals surface area contributed by atoms with Crippen LogP contribution >= 0.6 is 0 Å². The van der Waals surface area contributed by atoms with Crippen LogP contribution in [0.4, 0.5) is 0 Å². The van der Waals surface area contributed by atoms with Gasteiger partial charge in [0.05, 0.1) is 0 Å². The Morgan fingerprint density at radius 3 is 1.84 bits per heavy atom. The van der Waals surface area contributed by atoms with Crippen molar-refractivity contribution in [3.05, 3.63) is 152 Å². The average Bonchev–Trinajstić information content (AvgIpc) is 3.51. The van der Waals surface area contributed by atoms with Crippen LogP contribution in [0.1, 0.15) is 0 Å². The summed E-state index contributed by atoms with van der Waals surface area (Å²) < 4.78 is 6.49. The number of benzene rings is 7. The molecule has 0 fully saturated rings. The zero-order valence-electron chi connectivity index (χ0n) is 24.2. The molecule has 0 saturated carbocycles. The molecule has 7 aromatic carbocycles. The Morgan fingerprint density at radius 2 is 1.00 bits per heavy atom.